The van der Waals surface area contributed by atoms with Crippen molar-refractivity contribution in [1.82, 2.24) is 24.5 Å². The van der Waals surface area contributed by atoms with Crippen LogP contribution in [0.2, 0.25) is 0 Å². The molecule has 6 nitrogen and oxygen atoms in total. The third-order valence-corrected chi connectivity index (χ3v) is 10.1. The van der Waals surface area contributed by atoms with E-state index in [9.17, 15) is 0 Å². The zero-order chi connectivity index (χ0) is 34.2. The molecule has 0 saturated carbocycles. The van der Waals surface area contributed by atoms with E-state index in [4.69, 9.17) is 24.4 Å². The average molecular weight is 666 g/mol. The first-order chi connectivity index (χ1) is 25.7. The summed E-state index contributed by atoms with van der Waals surface area (Å²) < 4.78 is 8.81. The van der Waals surface area contributed by atoms with E-state index >= 15 is 0 Å². The van der Waals surface area contributed by atoms with E-state index in [1.807, 2.05) is 18.3 Å². The Bertz CT molecular complexity index is 3150. The van der Waals surface area contributed by atoms with Crippen molar-refractivity contribution in [1.29, 1.82) is 0 Å². The molecule has 11 aromatic rings. The van der Waals surface area contributed by atoms with Crippen molar-refractivity contribution < 1.29 is 4.42 Å². The van der Waals surface area contributed by atoms with Gasteiger partial charge in [0.05, 0.1) is 11.2 Å². The van der Waals surface area contributed by atoms with Gasteiger partial charge in [0.1, 0.15) is 16.8 Å². The van der Waals surface area contributed by atoms with E-state index in [-0.39, 0.29) is 0 Å². The van der Waals surface area contributed by atoms with E-state index < -0.39 is 0 Å². The van der Waals surface area contributed by atoms with Gasteiger partial charge in [-0.1, -0.05) is 103 Å². The number of pyridine rings is 1. The van der Waals surface area contributed by atoms with Crippen LogP contribution in [0.1, 0.15) is 0 Å². The zero-order valence-electron chi connectivity index (χ0n) is 27.7. The molecule has 0 atom stereocenters. The molecule has 0 radical (unpaired) electrons. The molecule has 6 heteroatoms. The summed E-state index contributed by atoms with van der Waals surface area (Å²) in [6.45, 7) is 0. The van der Waals surface area contributed by atoms with Gasteiger partial charge in [-0.25, -0.2) is 19.9 Å². The Labute approximate surface area is 297 Å². The largest absolute Gasteiger partial charge is 0.456 e. The summed E-state index contributed by atoms with van der Waals surface area (Å²) in [4.78, 5) is 20.0. The second kappa shape index (κ2) is 11.2. The molecule has 4 heterocycles. The van der Waals surface area contributed by atoms with Gasteiger partial charge in [0.25, 0.3) is 0 Å². The summed E-state index contributed by atoms with van der Waals surface area (Å²) in [6.07, 6.45) is 1.84. The number of fused-ring (bicyclic) bond motifs is 8. The van der Waals surface area contributed by atoms with Crippen molar-refractivity contribution >= 4 is 65.4 Å². The number of nitrogens with zero attached hydrogens (tertiary/aromatic N) is 5. The minimum absolute atomic E-state index is 0.584. The Kier molecular flexibility index (Phi) is 6.15. The van der Waals surface area contributed by atoms with Gasteiger partial charge in [-0.05, 0) is 70.1 Å². The summed E-state index contributed by atoms with van der Waals surface area (Å²) in [5.74, 6) is 1.83. The maximum atomic E-state index is 6.61. The quantitative estimate of drug-likeness (QED) is 0.187. The number of rotatable bonds is 4. The van der Waals surface area contributed by atoms with E-state index in [0.29, 0.717) is 17.5 Å². The highest BCUT2D eigenvalue weighted by molar-refractivity contribution is 6.09. The van der Waals surface area contributed by atoms with Gasteiger partial charge in [0.15, 0.2) is 17.5 Å². The fraction of sp³-hybridized carbons (Fsp3) is 0. The zero-order valence-corrected chi connectivity index (χ0v) is 27.7. The topological polar surface area (TPSA) is 69.6 Å². The minimum Gasteiger partial charge on any atom is -0.456 e. The summed E-state index contributed by atoms with van der Waals surface area (Å²) >= 11 is 0. The molecule has 0 N–H and O–H groups in total. The molecule has 0 aliphatic heterocycles. The molecule has 0 spiro atoms. The van der Waals surface area contributed by atoms with Gasteiger partial charge >= 0.3 is 0 Å². The Morgan fingerprint density at radius 1 is 0.423 bits per heavy atom. The first-order valence-electron chi connectivity index (χ1n) is 17.3. The lowest BCUT2D eigenvalue weighted by atomic mass is 10.0. The van der Waals surface area contributed by atoms with Crippen molar-refractivity contribution in [2.24, 2.45) is 0 Å². The van der Waals surface area contributed by atoms with E-state index in [1.165, 1.54) is 10.8 Å². The lowest BCUT2D eigenvalue weighted by Gasteiger charge is -2.11. The molecule has 0 saturated heterocycles. The normalized spacial score (nSPS) is 11.8. The maximum Gasteiger partial charge on any atom is 0.164 e. The van der Waals surface area contributed by atoms with Crippen molar-refractivity contribution in [3.05, 3.63) is 164 Å². The van der Waals surface area contributed by atoms with Crippen molar-refractivity contribution in [3.8, 4) is 39.9 Å². The Morgan fingerprint density at radius 2 is 1.08 bits per heavy atom. The molecule has 0 unspecified atom stereocenters. The van der Waals surface area contributed by atoms with Crippen LogP contribution in [0.25, 0.3) is 105 Å². The number of hydrogen-bond donors (Lipinski definition) is 0. The number of benzene rings is 7. The molecule has 0 aliphatic carbocycles. The molecule has 0 amide bonds. The van der Waals surface area contributed by atoms with Crippen LogP contribution in [0.3, 0.4) is 0 Å². The summed E-state index contributed by atoms with van der Waals surface area (Å²) in [5, 5.41) is 8.89. The van der Waals surface area contributed by atoms with Crippen molar-refractivity contribution in [2.45, 2.75) is 0 Å². The van der Waals surface area contributed by atoms with Crippen LogP contribution < -0.4 is 0 Å². The molecule has 0 aliphatic rings. The van der Waals surface area contributed by atoms with Crippen LogP contribution in [-0.2, 0) is 0 Å². The molecule has 4 aromatic heterocycles. The van der Waals surface area contributed by atoms with Crippen molar-refractivity contribution in [3.63, 3.8) is 0 Å². The fourth-order valence-electron chi connectivity index (χ4n) is 7.60. The van der Waals surface area contributed by atoms with E-state index in [2.05, 4.69) is 150 Å². The van der Waals surface area contributed by atoms with Crippen LogP contribution in [0.15, 0.2) is 168 Å². The Morgan fingerprint density at radius 3 is 1.96 bits per heavy atom. The highest BCUT2D eigenvalue weighted by atomic mass is 16.3. The van der Waals surface area contributed by atoms with Crippen LogP contribution in [0.4, 0.5) is 0 Å². The number of furan rings is 1. The van der Waals surface area contributed by atoms with E-state index in [1.54, 1.807) is 0 Å². The van der Waals surface area contributed by atoms with Gasteiger partial charge in [0, 0.05) is 50.5 Å². The second-order valence-corrected chi connectivity index (χ2v) is 13.1. The van der Waals surface area contributed by atoms with Crippen LogP contribution in [-0.4, -0.2) is 24.5 Å². The van der Waals surface area contributed by atoms with Gasteiger partial charge in [-0.15, -0.1) is 0 Å². The van der Waals surface area contributed by atoms with Gasteiger partial charge in [0.2, 0.25) is 0 Å². The van der Waals surface area contributed by atoms with Crippen LogP contribution in [0, 0.1) is 0 Å². The summed E-state index contributed by atoms with van der Waals surface area (Å²) in [7, 11) is 0. The Balaban J connectivity index is 1.08. The van der Waals surface area contributed by atoms with Gasteiger partial charge in [-0.3, -0.25) is 4.57 Å². The molecule has 0 bridgehead atoms. The highest BCUT2D eigenvalue weighted by Gasteiger charge is 2.18. The predicted octanol–water partition coefficient (Wildman–Crippen LogP) is 11.6. The molecule has 0 fully saturated rings. The van der Waals surface area contributed by atoms with Crippen LogP contribution in [0.5, 0.6) is 0 Å². The standard InChI is InChI=1S/C46H27N5O/c1-2-11-30-25-31(19-18-28(30)9-1)43-48-44(50-45(49-43)38-15-7-12-29-10-3-4-13-34(29)38)32-20-22-36-37-23-21-33(27-42(37)52-41(36)26-32)51-40-17-6-5-14-35(40)39-16-8-24-47-46(39)51/h1-27H. The molecule has 7 aromatic carbocycles. The van der Waals surface area contributed by atoms with E-state index in [0.717, 1.165) is 77.0 Å². The van der Waals surface area contributed by atoms with Crippen LogP contribution >= 0.6 is 0 Å². The third-order valence-electron chi connectivity index (χ3n) is 10.1. The lowest BCUT2D eigenvalue weighted by molar-refractivity contribution is 0.668. The fourth-order valence-corrected chi connectivity index (χ4v) is 7.60. The molecular weight excluding hydrogens is 639 g/mol. The van der Waals surface area contributed by atoms with Gasteiger partial charge < -0.3 is 4.42 Å². The first-order valence-corrected chi connectivity index (χ1v) is 17.3. The van der Waals surface area contributed by atoms with Crippen molar-refractivity contribution in [2.75, 3.05) is 0 Å². The molecule has 52 heavy (non-hydrogen) atoms. The SMILES string of the molecule is c1ccc2cc(-c3nc(-c4ccc5c(c4)oc4cc(-n6c7ccccc7c7cccnc76)ccc45)nc(-c4cccc5ccccc45)n3)ccc2c1. The monoisotopic (exact) mass is 665 g/mol. The molecule has 11 rings (SSSR count). The molecular formula is C46H27N5O. The summed E-state index contributed by atoms with van der Waals surface area (Å²) in [5.41, 5.74) is 7.33. The molecule has 242 valence electrons. The Hall–Kier alpha value is -7.18. The minimum atomic E-state index is 0.584. The first kappa shape index (κ1) is 28.6. The predicted molar refractivity (Wildman–Crippen MR) is 211 cm³/mol. The van der Waals surface area contributed by atoms with Gasteiger partial charge in [-0.2, -0.15) is 0 Å². The maximum absolute atomic E-state index is 6.61. The summed E-state index contributed by atoms with van der Waals surface area (Å²) in [6, 6.07) is 54.4. The average Bonchev–Trinajstić information content (AvgIpc) is 3.75. The third kappa shape index (κ3) is 4.44. The highest BCUT2D eigenvalue weighted by Crippen LogP contribution is 2.37. The lowest BCUT2D eigenvalue weighted by Crippen LogP contribution is -2.00. The number of hydrogen-bond acceptors (Lipinski definition) is 5. The number of aromatic nitrogens is 5. The smallest absolute Gasteiger partial charge is 0.164 e. The second-order valence-electron chi connectivity index (χ2n) is 13.1. The number of para-hydroxylation sites is 1.